The number of anilines is 1. The summed E-state index contributed by atoms with van der Waals surface area (Å²) in [6.07, 6.45) is 0.411. The molecule has 0 aliphatic rings. The zero-order valence-electron chi connectivity index (χ0n) is 11.7. The van der Waals surface area contributed by atoms with Gasteiger partial charge in [-0.3, -0.25) is 0 Å². The second-order valence-corrected chi connectivity index (χ2v) is 4.70. The maximum atomic E-state index is 13.1. The lowest BCUT2D eigenvalue weighted by molar-refractivity contribution is 0.580. The molecule has 1 aromatic heterocycles. The van der Waals surface area contributed by atoms with E-state index < -0.39 is 11.6 Å². The number of nitriles is 1. The third-order valence-electron chi connectivity index (χ3n) is 3.19. The first-order valence-corrected chi connectivity index (χ1v) is 6.44. The molecular formula is C15H14F2N4. The zero-order chi connectivity index (χ0) is 15.4. The van der Waals surface area contributed by atoms with E-state index in [1.165, 1.54) is 12.1 Å². The predicted molar refractivity (Wildman–Crippen MR) is 74.8 cm³/mol. The molecule has 0 bridgehead atoms. The number of aromatic nitrogens is 2. The van der Waals surface area contributed by atoms with Gasteiger partial charge in [0, 0.05) is 12.6 Å². The Bertz CT molecular complexity index is 687. The minimum Gasteiger partial charge on any atom is -0.367 e. The van der Waals surface area contributed by atoms with Crippen LogP contribution in [-0.2, 0) is 6.42 Å². The van der Waals surface area contributed by atoms with E-state index in [-0.39, 0.29) is 0 Å². The van der Waals surface area contributed by atoms with Crippen molar-refractivity contribution in [3.05, 3.63) is 52.2 Å². The standard InChI is InChI=1S/C15H14F2N4/c1-9-10(2)20-21-15(14(9)8-18)19-4-3-11-5-12(16)7-13(17)6-11/h5-7H,3-4H2,1-2H3,(H,19,21). The van der Waals surface area contributed by atoms with Crippen LogP contribution in [0.25, 0.3) is 0 Å². The fourth-order valence-electron chi connectivity index (χ4n) is 1.95. The van der Waals surface area contributed by atoms with Gasteiger partial charge in [0.05, 0.1) is 5.69 Å². The number of hydrogen-bond donors (Lipinski definition) is 1. The monoisotopic (exact) mass is 288 g/mol. The summed E-state index contributed by atoms with van der Waals surface area (Å²) in [5.74, 6) is -0.820. The molecule has 0 aliphatic carbocycles. The summed E-state index contributed by atoms with van der Waals surface area (Å²) < 4.78 is 26.1. The van der Waals surface area contributed by atoms with Gasteiger partial charge in [0.1, 0.15) is 23.3 Å². The Balaban J connectivity index is 2.07. The zero-order valence-corrected chi connectivity index (χ0v) is 11.7. The quantitative estimate of drug-likeness (QED) is 0.939. The highest BCUT2D eigenvalue weighted by Crippen LogP contribution is 2.17. The van der Waals surface area contributed by atoms with Gasteiger partial charge in [0.2, 0.25) is 0 Å². The van der Waals surface area contributed by atoms with Gasteiger partial charge in [-0.05, 0) is 43.5 Å². The largest absolute Gasteiger partial charge is 0.367 e. The summed E-state index contributed by atoms with van der Waals surface area (Å²) in [6, 6.07) is 5.48. The molecule has 0 saturated carbocycles. The number of hydrogen-bond acceptors (Lipinski definition) is 4. The van der Waals surface area contributed by atoms with Crippen LogP contribution in [0, 0.1) is 36.8 Å². The predicted octanol–water partition coefficient (Wildman–Crippen LogP) is 2.90. The van der Waals surface area contributed by atoms with Crippen molar-refractivity contribution in [2.45, 2.75) is 20.3 Å². The van der Waals surface area contributed by atoms with E-state index in [0.717, 1.165) is 11.6 Å². The van der Waals surface area contributed by atoms with Gasteiger partial charge in [-0.25, -0.2) is 8.78 Å². The van der Waals surface area contributed by atoms with E-state index in [0.29, 0.717) is 35.6 Å². The molecule has 2 rings (SSSR count). The van der Waals surface area contributed by atoms with Crippen molar-refractivity contribution in [1.29, 1.82) is 5.26 Å². The van der Waals surface area contributed by atoms with E-state index in [9.17, 15) is 8.78 Å². The second-order valence-electron chi connectivity index (χ2n) is 4.70. The molecule has 0 amide bonds. The van der Waals surface area contributed by atoms with Gasteiger partial charge >= 0.3 is 0 Å². The summed E-state index contributed by atoms with van der Waals surface area (Å²) in [5, 5.41) is 20.0. The van der Waals surface area contributed by atoms with Gasteiger partial charge in [-0.2, -0.15) is 10.4 Å². The summed E-state index contributed by atoms with van der Waals surface area (Å²) in [7, 11) is 0. The maximum Gasteiger partial charge on any atom is 0.166 e. The average Bonchev–Trinajstić information content (AvgIpc) is 2.42. The number of nitrogens with one attached hydrogen (secondary N) is 1. The van der Waals surface area contributed by atoms with Crippen LogP contribution in [0.3, 0.4) is 0 Å². The number of rotatable bonds is 4. The first-order valence-electron chi connectivity index (χ1n) is 6.44. The van der Waals surface area contributed by atoms with E-state index >= 15 is 0 Å². The number of nitrogens with zero attached hydrogens (tertiary/aromatic N) is 3. The van der Waals surface area contributed by atoms with Gasteiger partial charge in [0.25, 0.3) is 0 Å². The lowest BCUT2D eigenvalue weighted by Gasteiger charge is -2.09. The SMILES string of the molecule is Cc1nnc(NCCc2cc(F)cc(F)c2)c(C#N)c1C. The Morgan fingerprint density at radius 2 is 1.81 bits per heavy atom. The van der Waals surface area contributed by atoms with Crippen molar-refractivity contribution >= 4 is 5.82 Å². The third-order valence-corrected chi connectivity index (χ3v) is 3.19. The molecule has 0 fully saturated rings. The molecule has 0 unspecified atom stereocenters. The summed E-state index contributed by atoms with van der Waals surface area (Å²) in [5.41, 5.74) is 2.44. The fraction of sp³-hybridized carbons (Fsp3) is 0.267. The highest BCUT2D eigenvalue weighted by atomic mass is 19.1. The Morgan fingerprint density at radius 3 is 2.43 bits per heavy atom. The van der Waals surface area contributed by atoms with Crippen molar-refractivity contribution in [2.24, 2.45) is 0 Å². The smallest absolute Gasteiger partial charge is 0.166 e. The third kappa shape index (κ3) is 3.51. The Hall–Kier alpha value is -2.55. The van der Waals surface area contributed by atoms with E-state index in [1.807, 2.05) is 0 Å². The molecule has 0 atom stereocenters. The summed E-state index contributed by atoms with van der Waals surface area (Å²) in [6.45, 7) is 3.98. The van der Waals surface area contributed by atoms with Crippen LogP contribution in [0.2, 0.25) is 0 Å². The molecule has 0 spiro atoms. The minimum atomic E-state index is -0.603. The van der Waals surface area contributed by atoms with Gasteiger partial charge in [-0.1, -0.05) is 0 Å². The van der Waals surface area contributed by atoms with E-state index in [1.54, 1.807) is 13.8 Å². The molecule has 108 valence electrons. The second kappa shape index (κ2) is 6.27. The summed E-state index contributed by atoms with van der Waals surface area (Å²) in [4.78, 5) is 0. The fourth-order valence-corrected chi connectivity index (χ4v) is 1.95. The lowest BCUT2D eigenvalue weighted by Crippen LogP contribution is -2.10. The molecule has 0 saturated heterocycles. The van der Waals surface area contributed by atoms with Crippen molar-refractivity contribution in [1.82, 2.24) is 10.2 Å². The molecule has 1 aromatic carbocycles. The van der Waals surface area contributed by atoms with Crippen LogP contribution in [-0.4, -0.2) is 16.7 Å². The average molecular weight is 288 g/mol. The van der Waals surface area contributed by atoms with Crippen molar-refractivity contribution in [3.63, 3.8) is 0 Å². The van der Waals surface area contributed by atoms with Gasteiger partial charge in [0.15, 0.2) is 5.82 Å². The Labute approximate surface area is 121 Å². The number of aryl methyl sites for hydroxylation is 1. The minimum absolute atomic E-state index is 0.387. The van der Waals surface area contributed by atoms with E-state index in [2.05, 4.69) is 21.6 Å². The first kappa shape index (κ1) is 14.9. The highest BCUT2D eigenvalue weighted by Gasteiger charge is 2.10. The highest BCUT2D eigenvalue weighted by molar-refractivity contribution is 5.55. The molecule has 1 N–H and O–H groups in total. The molecule has 6 heteroatoms. The van der Waals surface area contributed by atoms with Crippen molar-refractivity contribution in [3.8, 4) is 6.07 Å². The van der Waals surface area contributed by atoms with Crippen LogP contribution in [0.5, 0.6) is 0 Å². The van der Waals surface area contributed by atoms with E-state index in [4.69, 9.17) is 5.26 Å². The van der Waals surface area contributed by atoms with Gasteiger partial charge < -0.3 is 5.32 Å². The van der Waals surface area contributed by atoms with Crippen LogP contribution in [0.15, 0.2) is 18.2 Å². The maximum absolute atomic E-state index is 13.1. The number of benzene rings is 1. The number of halogens is 2. The Morgan fingerprint density at radius 1 is 1.14 bits per heavy atom. The van der Waals surface area contributed by atoms with Crippen LogP contribution in [0.4, 0.5) is 14.6 Å². The van der Waals surface area contributed by atoms with Crippen LogP contribution < -0.4 is 5.32 Å². The van der Waals surface area contributed by atoms with Crippen molar-refractivity contribution < 1.29 is 8.78 Å². The molecular weight excluding hydrogens is 274 g/mol. The first-order chi connectivity index (χ1) is 10.0. The van der Waals surface area contributed by atoms with Gasteiger partial charge in [-0.15, -0.1) is 5.10 Å². The molecule has 2 aromatic rings. The molecule has 1 heterocycles. The van der Waals surface area contributed by atoms with Crippen LogP contribution >= 0.6 is 0 Å². The van der Waals surface area contributed by atoms with Crippen LogP contribution in [0.1, 0.15) is 22.4 Å². The van der Waals surface area contributed by atoms with Crippen molar-refractivity contribution in [2.75, 3.05) is 11.9 Å². The summed E-state index contributed by atoms with van der Waals surface area (Å²) >= 11 is 0. The molecule has 0 aliphatic heterocycles. The lowest BCUT2D eigenvalue weighted by atomic mass is 10.1. The molecule has 21 heavy (non-hydrogen) atoms. The normalized spacial score (nSPS) is 10.2. The Kier molecular flexibility index (Phi) is 4.43. The topological polar surface area (TPSA) is 61.6 Å². The molecule has 4 nitrogen and oxygen atoms in total. The molecule has 0 radical (unpaired) electrons.